The molecule has 4 heterocycles. The molecule has 0 aliphatic carbocycles. The molecule has 8 heteroatoms. The summed E-state index contributed by atoms with van der Waals surface area (Å²) in [5, 5.41) is 3.22. The normalized spacial score (nSPS) is 14.6. The van der Waals surface area contributed by atoms with Crippen LogP contribution in [0.1, 0.15) is 19.3 Å². The van der Waals surface area contributed by atoms with Crippen molar-refractivity contribution < 1.29 is 9.47 Å². The van der Waals surface area contributed by atoms with E-state index in [1.165, 1.54) is 25.9 Å². The fourth-order valence-corrected chi connectivity index (χ4v) is 3.29. The molecule has 0 amide bonds. The molecule has 1 N–H and O–H groups in total. The predicted molar refractivity (Wildman–Crippen MR) is 103 cm³/mol. The molecule has 0 bridgehead atoms. The summed E-state index contributed by atoms with van der Waals surface area (Å²) in [5.74, 6) is 2.26. The molecule has 8 nitrogen and oxygen atoms in total. The number of ether oxygens (including phenoxy) is 2. The van der Waals surface area contributed by atoms with Gasteiger partial charge in [0.2, 0.25) is 5.95 Å². The minimum absolute atomic E-state index is 0.451. The van der Waals surface area contributed by atoms with Gasteiger partial charge in [-0.1, -0.05) is 6.07 Å². The second kappa shape index (κ2) is 8.22. The van der Waals surface area contributed by atoms with Gasteiger partial charge in [0.1, 0.15) is 11.5 Å². The van der Waals surface area contributed by atoms with Gasteiger partial charge in [0.25, 0.3) is 5.88 Å². The first kappa shape index (κ1) is 17.5. The number of fused-ring (bicyclic) bond motifs is 1. The van der Waals surface area contributed by atoms with E-state index in [1.54, 1.807) is 19.5 Å². The third-order valence-corrected chi connectivity index (χ3v) is 4.67. The van der Waals surface area contributed by atoms with Crippen molar-refractivity contribution in [3.05, 3.63) is 36.8 Å². The number of imidazole rings is 1. The van der Waals surface area contributed by atoms with Crippen LogP contribution in [0.2, 0.25) is 0 Å². The Kier molecular flexibility index (Phi) is 5.34. The molecule has 1 aliphatic heterocycles. The Hall–Kier alpha value is -2.87. The third kappa shape index (κ3) is 4.11. The molecular weight excluding hydrogens is 344 g/mol. The highest BCUT2D eigenvalue weighted by Crippen LogP contribution is 2.26. The Morgan fingerprint density at radius 3 is 2.93 bits per heavy atom. The minimum atomic E-state index is 0.451. The van der Waals surface area contributed by atoms with Crippen LogP contribution in [0.3, 0.4) is 0 Å². The summed E-state index contributed by atoms with van der Waals surface area (Å²) >= 11 is 0. The van der Waals surface area contributed by atoms with Crippen LogP contribution in [0.25, 0.3) is 5.65 Å². The Bertz CT molecular complexity index is 891. The van der Waals surface area contributed by atoms with E-state index in [4.69, 9.17) is 9.47 Å². The Labute approximate surface area is 158 Å². The molecule has 3 aromatic rings. The lowest BCUT2D eigenvalue weighted by Gasteiger charge is -2.15. The number of likely N-dealkylation sites (tertiary alicyclic amines) is 1. The molecule has 0 atom stereocenters. The average molecular weight is 368 g/mol. The monoisotopic (exact) mass is 368 g/mol. The summed E-state index contributed by atoms with van der Waals surface area (Å²) in [5.41, 5.74) is 0.854. The van der Waals surface area contributed by atoms with Crippen LogP contribution in [0, 0.1) is 0 Å². The first-order valence-electron chi connectivity index (χ1n) is 9.29. The first-order chi connectivity index (χ1) is 13.3. The van der Waals surface area contributed by atoms with Gasteiger partial charge in [-0.05, 0) is 44.5 Å². The summed E-state index contributed by atoms with van der Waals surface area (Å²) < 4.78 is 13.1. The summed E-state index contributed by atoms with van der Waals surface area (Å²) in [7, 11) is 1.59. The molecule has 4 rings (SSSR count). The van der Waals surface area contributed by atoms with E-state index < -0.39 is 0 Å². The van der Waals surface area contributed by atoms with Crippen molar-refractivity contribution in [1.29, 1.82) is 0 Å². The number of anilines is 2. The SMILES string of the molecule is COc1cnc(Nc2cccc3nccn23)nc1OCCCN1CCCC1. The van der Waals surface area contributed by atoms with E-state index in [1.807, 2.05) is 28.8 Å². The van der Waals surface area contributed by atoms with E-state index in [0.29, 0.717) is 24.2 Å². The van der Waals surface area contributed by atoms with Crippen molar-refractivity contribution >= 4 is 17.4 Å². The van der Waals surface area contributed by atoms with Gasteiger partial charge in [-0.3, -0.25) is 4.40 Å². The molecule has 0 aromatic carbocycles. The lowest BCUT2D eigenvalue weighted by Crippen LogP contribution is -2.22. The standard InChI is InChI=1S/C19H24N6O2/c1-26-15-14-21-19(22-17-7-4-6-16-20-8-12-25(16)17)23-18(15)27-13-5-11-24-9-2-3-10-24/h4,6-8,12,14H,2-3,5,9-11,13H2,1H3,(H,21,22,23). The molecule has 1 fully saturated rings. The zero-order chi connectivity index (χ0) is 18.5. The largest absolute Gasteiger partial charge is 0.490 e. The molecule has 1 aliphatic rings. The number of rotatable bonds is 8. The van der Waals surface area contributed by atoms with Gasteiger partial charge < -0.3 is 19.7 Å². The van der Waals surface area contributed by atoms with Crippen molar-refractivity contribution in [1.82, 2.24) is 24.3 Å². The number of nitrogens with zero attached hydrogens (tertiary/aromatic N) is 5. The molecule has 0 unspecified atom stereocenters. The molecular formula is C19H24N6O2. The van der Waals surface area contributed by atoms with Crippen molar-refractivity contribution in [2.45, 2.75) is 19.3 Å². The van der Waals surface area contributed by atoms with E-state index in [0.717, 1.165) is 24.4 Å². The average Bonchev–Trinajstić information content (AvgIpc) is 3.37. The van der Waals surface area contributed by atoms with Gasteiger partial charge in [0.15, 0.2) is 5.75 Å². The molecule has 0 radical (unpaired) electrons. The fraction of sp³-hybridized carbons (Fsp3) is 0.421. The fourth-order valence-electron chi connectivity index (χ4n) is 3.29. The Balaban J connectivity index is 1.43. The highest BCUT2D eigenvalue weighted by molar-refractivity contribution is 5.56. The highest BCUT2D eigenvalue weighted by atomic mass is 16.5. The molecule has 0 saturated carbocycles. The van der Waals surface area contributed by atoms with Gasteiger partial charge in [-0.2, -0.15) is 4.98 Å². The van der Waals surface area contributed by atoms with Gasteiger partial charge in [-0.15, -0.1) is 0 Å². The molecule has 142 valence electrons. The predicted octanol–water partition coefficient (Wildman–Crippen LogP) is 2.74. The summed E-state index contributed by atoms with van der Waals surface area (Å²) in [4.78, 5) is 15.6. The van der Waals surface area contributed by atoms with Crippen LogP contribution in [0.15, 0.2) is 36.8 Å². The van der Waals surface area contributed by atoms with Gasteiger partial charge in [-0.25, -0.2) is 9.97 Å². The minimum Gasteiger partial charge on any atom is -0.490 e. The maximum absolute atomic E-state index is 5.88. The lowest BCUT2D eigenvalue weighted by molar-refractivity contribution is 0.246. The zero-order valence-electron chi connectivity index (χ0n) is 15.5. The van der Waals surface area contributed by atoms with Crippen LogP contribution in [-0.4, -0.2) is 57.6 Å². The van der Waals surface area contributed by atoms with Crippen LogP contribution >= 0.6 is 0 Å². The second-order valence-electron chi connectivity index (χ2n) is 6.51. The number of pyridine rings is 1. The maximum Gasteiger partial charge on any atom is 0.262 e. The zero-order valence-corrected chi connectivity index (χ0v) is 15.5. The smallest absolute Gasteiger partial charge is 0.262 e. The molecule has 3 aromatic heterocycles. The van der Waals surface area contributed by atoms with E-state index in [2.05, 4.69) is 25.2 Å². The van der Waals surface area contributed by atoms with Crippen LogP contribution in [0.5, 0.6) is 11.6 Å². The second-order valence-corrected chi connectivity index (χ2v) is 6.51. The third-order valence-electron chi connectivity index (χ3n) is 4.67. The quantitative estimate of drug-likeness (QED) is 0.613. The molecule has 0 spiro atoms. The van der Waals surface area contributed by atoms with E-state index in [9.17, 15) is 0 Å². The summed E-state index contributed by atoms with van der Waals surface area (Å²) in [6.45, 7) is 4.05. The first-order valence-corrected chi connectivity index (χ1v) is 9.29. The van der Waals surface area contributed by atoms with E-state index >= 15 is 0 Å². The summed E-state index contributed by atoms with van der Waals surface area (Å²) in [6, 6.07) is 5.82. The number of hydrogen-bond donors (Lipinski definition) is 1. The number of nitrogens with one attached hydrogen (secondary N) is 1. The van der Waals surface area contributed by atoms with Crippen LogP contribution in [-0.2, 0) is 0 Å². The highest BCUT2D eigenvalue weighted by Gasteiger charge is 2.13. The number of methoxy groups -OCH3 is 1. The Morgan fingerprint density at radius 2 is 2.07 bits per heavy atom. The molecule has 1 saturated heterocycles. The van der Waals surface area contributed by atoms with Crippen LogP contribution in [0.4, 0.5) is 11.8 Å². The van der Waals surface area contributed by atoms with Crippen molar-refractivity contribution in [3.63, 3.8) is 0 Å². The summed E-state index contributed by atoms with van der Waals surface area (Å²) in [6.07, 6.45) is 8.84. The number of hydrogen-bond acceptors (Lipinski definition) is 7. The van der Waals surface area contributed by atoms with Crippen molar-refractivity contribution in [2.75, 3.05) is 38.7 Å². The Morgan fingerprint density at radius 1 is 1.19 bits per heavy atom. The lowest BCUT2D eigenvalue weighted by atomic mass is 10.4. The van der Waals surface area contributed by atoms with Crippen LogP contribution < -0.4 is 14.8 Å². The van der Waals surface area contributed by atoms with E-state index in [-0.39, 0.29) is 0 Å². The van der Waals surface area contributed by atoms with Gasteiger partial charge in [0.05, 0.1) is 19.9 Å². The van der Waals surface area contributed by atoms with Crippen molar-refractivity contribution in [2.24, 2.45) is 0 Å². The van der Waals surface area contributed by atoms with Crippen molar-refractivity contribution in [3.8, 4) is 11.6 Å². The topological polar surface area (TPSA) is 76.8 Å². The van der Waals surface area contributed by atoms with Gasteiger partial charge >= 0.3 is 0 Å². The number of aromatic nitrogens is 4. The van der Waals surface area contributed by atoms with Gasteiger partial charge in [0, 0.05) is 18.9 Å². The maximum atomic E-state index is 5.88. The molecule has 27 heavy (non-hydrogen) atoms.